The molecule has 1 aromatic rings. The molecular weight excluding hydrogens is 309 g/mol. The summed E-state index contributed by atoms with van der Waals surface area (Å²) in [5.41, 5.74) is 1.75. The highest BCUT2D eigenvalue weighted by Gasteiger charge is 2.23. The number of rotatable bonds is 10. The van der Waals surface area contributed by atoms with Crippen molar-refractivity contribution in [2.24, 2.45) is 5.92 Å². The Morgan fingerprint density at radius 2 is 2.04 bits per heavy atom. The lowest BCUT2D eigenvalue weighted by molar-refractivity contribution is 0.00722. The van der Waals surface area contributed by atoms with Crippen LogP contribution in [-0.2, 0) is 9.47 Å². The molecule has 136 valence electrons. The Bertz CT molecular complexity index is 487. The quantitative estimate of drug-likeness (QED) is 0.625. The van der Waals surface area contributed by atoms with Gasteiger partial charge >= 0.3 is 6.09 Å². The van der Waals surface area contributed by atoms with Crippen molar-refractivity contribution in [1.29, 1.82) is 0 Å². The maximum atomic E-state index is 13.8. The van der Waals surface area contributed by atoms with Crippen LogP contribution in [0.5, 0.6) is 0 Å². The molecule has 0 aliphatic carbocycles. The van der Waals surface area contributed by atoms with Gasteiger partial charge in [-0.15, -0.1) is 0 Å². The van der Waals surface area contributed by atoms with Crippen LogP contribution in [0.2, 0.25) is 0 Å². The maximum Gasteiger partial charge on any atom is 0.406 e. The largest absolute Gasteiger partial charge is 0.453 e. The van der Waals surface area contributed by atoms with Gasteiger partial charge in [0.15, 0.2) is 0 Å². The Morgan fingerprint density at radius 3 is 2.62 bits per heavy atom. The fourth-order valence-electron chi connectivity index (χ4n) is 2.88. The summed E-state index contributed by atoms with van der Waals surface area (Å²) in [6, 6.07) is 5.06. The monoisotopic (exact) mass is 339 g/mol. The predicted molar refractivity (Wildman–Crippen MR) is 93.5 cm³/mol. The van der Waals surface area contributed by atoms with Gasteiger partial charge in [0.05, 0.1) is 19.8 Å². The molecule has 0 aliphatic heterocycles. The second-order valence-electron chi connectivity index (χ2n) is 6.08. The van der Waals surface area contributed by atoms with Gasteiger partial charge in [0.2, 0.25) is 0 Å². The van der Waals surface area contributed by atoms with Crippen LogP contribution in [0.1, 0.15) is 56.8 Å². The molecule has 1 amide bonds. The molecule has 1 N–H and O–H groups in total. The molecule has 0 radical (unpaired) electrons. The van der Waals surface area contributed by atoms with Crippen molar-refractivity contribution in [2.45, 2.75) is 52.6 Å². The molecule has 24 heavy (non-hydrogen) atoms. The van der Waals surface area contributed by atoms with Crippen LogP contribution in [-0.4, -0.2) is 26.4 Å². The summed E-state index contributed by atoms with van der Waals surface area (Å²) in [5.74, 6) is 0.0842. The fraction of sp³-hybridized carbons (Fsp3) is 0.632. The molecule has 0 aliphatic rings. The highest BCUT2D eigenvalue weighted by atomic mass is 19.1. The molecule has 0 heterocycles. The third-order valence-electron chi connectivity index (χ3n) is 4.13. The summed E-state index contributed by atoms with van der Waals surface area (Å²) in [6.45, 7) is 6.90. The summed E-state index contributed by atoms with van der Waals surface area (Å²) < 4.78 is 24.4. The Morgan fingerprint density at radius 1 is 1.29 bits per heavy atom. The average molecular weight is 339 g/mol. The highest BCUT2D eigenvalue weighted by molar-refractivity contribution is 5.66. The summed E-state index contributed by atoms with van der Waals surface area (Å²) in [5, 5.41) is 2.60. The smallest absolute Gasteiger partial charge is 0.406 e. The molecule has 2 atom stereocenters. The van der Waals surface area contributed by atoms with E-state index in [4.69, 9.17) is 4.74 Å². The number of carbonyl (C=O) groups is 1. The lowest BCUT2D eigenvalue weighted by Crippen LogP contribution is -2.28. The molecular formula is C19H30FNO3. The number of halogens is 1. The number of nitrogens with one attached hydrogen (secondary N) is 1. The number of aryl methyl sites for hydroxylation is 1. The molecule has 0 spiro atoms. The van der Waals surface area contributed by atoms with Crippen LogP contribution < -0.4 is 5.32 Å². The van der Waals surface area contributed by atoms with E-state index in [0.29, 0.717) is 19.1 Å². The molecule has 1 aromatic carbocycles. The Labute approximate surface area is 144 Å². The fourth-order valence-corrected chi connectivity index (χ4v) is 2.88. The lowest BCUT2D eigenvalue weighted by atomic mass is 9.88. The number of ether oxygens (including phenoxy) is 2. The minimum absolute atomic E-state index is 0.171. The van der Waals surface area contributed by atoms with Gasteiger partial charge in [0.25, 0.3) is 0 Å². The van der Waals surface area contributed by atoms with Gasteiger partial charge in [-0.25, -0.2) is 9.18 Å². The summed E-state index contributed by atoms with van der Waals surface area (Å²) in [6.07, 6.45) is 3.59. The number of hydrogen-bond donors (Lipinski definition) is 1. The van der Waals surface area contributed by atoms with E-state index in [1.165, 1.54) is 13.2 Å². The first kappa shape index (κ1) is 20.4. The standard InChI is InChI=1S/C19H30FNO3/c1-5-7-8-15(6-2)18(24-10-9-21-19(22)23-4)16-11-14(3)12-17(20)13-16/h11-13,15,18H,5-10H2,1-4H3,(H,21,22)/t15-,18+/m0/s1. The van der Waals surface area contributed by atoms with Crippen molar-refractivity contribution in [3.05, 3.63) is 35.1 Å². The van der Waals surface area contributed by atoms with E-state index in [1.54, 1.807) is 6.07 Å². The van der Waals surface area contributed by atoms with E-state index in [1.807, 2.05) is 13.0 Å². The SMILES string of the molecule is CCCC[C@H](CC)[C@@H](OCCNC(=O)OC)c1cc(C)cc(F)c1. The number of benzene rings is 1. The van der Waals surface area contributed by atoms with Crippen molar-refractivity contribution in [2.75, 3.05) is 20.3 Å². The topological polar surface area (TPSA) is 47.6 Å². The predicted octanol–water partition coefficient (Wildman–Crippen LogP) is 4.76. The van der Waals surface area contributed by atoms with E-state index in [-0.39, 0.29) is 11.9 Å². The van der Waals surface area contributed by atoms with Gasteiger partial charge in [-0.05, 0) is 42.5 Å². The van der Waals surface area contributed by atoms with E-state index in [9.17, 15) is 9.18 Å². The van der Waals surface area contributed by atoms with E-state index in [0.717, 1.165) is 36.8 Å². The minimum atomic E-state index is -0.477. The minimum Gasteiger partial charge on any atom is -0.453 e. The normalized spacial score (nSPS) is 13.4. The van der Waals surface area contributed by atoms with Crippen LogP contribution in [0.3, 0.4) is 0 Å². The molecule has 4 nitrogen and oxygen atoms in total. The summed E-state index contributed by atoms with van der Waals surface area (Å²) in [7, 11) is 1.33. The average Bonchev–Trinajstić information content (AvgIpc) is 2.55. The van der Waals surface area contributed by atoms with Crippen LogP contribution in [0, 0.1) is 18.7 Å². The van der Waals surface area contributed by atoms with Crippen LogP contribution >= 0.6 is 0 Å². The number of carbonyl (C=O) groups excluding carboxylic acids is 1. The van der Waals surface area contributed by atoms with Gasteiger partial charge in [-0.2, -0.15) is 0 Å². The van der Waals surface area contributed by atoms with Gasteiger partial charge in [-0.1, -0.05) is 39.2 Å². The molecule has 1 rings (SSSR count). The van der Waals surface area contributed by atoms with Crippen molar-refractivity contribution in [1.82, 2.24) is 5.32 Å². The first-order chi connectivity index (χ1) is 11.5. The number of hydrogen-bond acceptors (Lipinski definition) is 3. The third-order valence-corrected chi connectivity index (χ3v) is 4.13. The van der Waals surface area contributed by atoms with Crippen LogP contribution in [0.15, 0.2) is 18.2 Å². The summed E-state index contributed by atoms with van der Waals surface area (Å²) in [4.78, 5) is 11.1. The highest BCUT2D eigenvalue weighted by Crippen LogP contribution is 2.33. The second-order valence-corrected chi connectivity index (χ2v) is 6.08. The first-order valence-electron chi connectivity index (χ1n) is 8.72. The van der Waals surface area contributed by atoms with Crippen molar-refractivity contribution in [3.8, 4) is 0 Å². The first-order valence-corrected chi connectivity index (χ1v) is 8.72. The molecule has 0 fully saturated rings. The zero-order chi connectivity index (χ0) is 17.9. The number of unbranched alkanes of at least 4 members (excludes halogenated alkanes) is 1. The number of amides is 1. The third kappa shape index (κ3) is 6.87. The number of alkyl carbamates (subject to hydrolysis) is 1. The van der Waals surface area contributed by atoms with Gasteiger partial charge < -0.3 is 14.8 Å². The zero-order valence-electron chi connectivity index (χ0n) is 15.2. The van der Waals surface area contributed by atoms with Crippen molar-refractivity contribution >= 4 is 6.09 Å². The molecule has 0 saturated heterocycles. The number of methoxy groups -OCH3 is 1. The maximum absolute atomic E-state index is 13.8. The lowest BCUT2D eigenvalue weighted by Gasteiger charge is -2.27. The van der Waals surface area contributed by atoms with Gasteiger partial charge in [0.1, 0.15) is 5.82 Å². The Balaban J connectivity index is 2.83. The Hall–Kier alpha value is -1.62. The second kappa shape index (κ2) is 11.0. The van der Waals surface area contributed by atoms with E-state index >= 15 is 0 Å². The molecule has 0 saturated carbocycles. The molecule has 0 aromatic heterocycles. The molecule has 0 bridgehead atoms. The van der Waals surface area contributed by atoms with Gasteiger partial charge in [0, 0.05) is 6.54 Å². The zero-order valence-corrected chi connectivity index (χ0v) is 15.2. The van der Waals surface area contributed by atoms with Crippen molar-refractivity contribution < 1.29 is 18.7 Å². The van der Waals surface area contributed by atoms with Crippen molar-refractivity contribution in [3.63, 3.8) is 0 Å². The molecule has 0 unspecified atom stereocenters. The Kier molecular flexibility index (Phi) is 9.38. The van der Waals surface area contributed by atoms with E-state index < -0.39 is 6.09 Å². The van der Waals surface area contributed by atoms with Crippen LogP contribution in [0.25, 0.3) is 0 Å². The van der Waals surface area contributed by atoms with Crippen LogP contribution in [0.4, 0.5) is 9.18 Å². The molecule has 5 heteroatoms. The van der Waals surface area contributed by atoms with Gasteiger partial charge in [-0.3, -0.25) is 0 Å². The summed E-state index contributed by atoms with van der Waals surface area (Å²) >= 11 is 0. The van der Waals surface area contributed by atoms with E-state index in [2.05, 4.69) is 23.9 Å².